The zero-order valence-corrected chi connectivity index (χ0v) is 13.3. The van der Waals surface area contributed by atoms with Crippen molar-refractivity contribution in [2.24, 2.45) is 5.92 Å². The Morgan fingerprint density at radius 1 is 1.38 bits per heavy atom. The number of alkyl halides is 3. The van der Waals surface area contributed by atoms with E-state index < -0.39 is 18.1 Å². The number of piperidine rings is 1. The van der Waals surface area contributed by atoms with Crippen molar-refractivity contribution in [1.29, 1.82) is 0 Å². The summed E-state index contributed by atoms with van der Waals surface area (Å²) in [5.41, 5.74) is 0.0725. The summed E-state index contributed by atoms with van der Waals surface area (Å²) in [5, 5.41) is 8.94. The fourth-order valence-electron chi connectivity index (χ4n) is 2.73. The number of carbonyl (C=O) groups is 1. The average Bonchev–Trinajstić information content (AvgIpc) is 2.54. The summed E-state index contributed by atoms with van der Waals surface area (Å²) in [6, 6.07) is 4.22. The molecule has 1 N–H and O–H groups in total. The molecule has 1 saturated heterocycles. The van der Waals surface area contributed by atoms with Crippen molar-refractivity contribution >= 4 is 5.97 Å². The van der Waals surface area contributed by atoms with Gasteiger partial charge in [0, 0.05) is 13.1 Å². The van der Waals surface area contributed by atoms with E-state index >= 15 is 0 Å². The van der Waals surface area contributed by atoms with E-state index in [2.05, 4.69) is 0 Å². The maximum atomic E-state index is 12.8. The summed E-state index contributed by atoms with van der Waals surface area (Å²) in [7, 11) is 1.40. The van der Waals surface area contributed by atoms with Crippen molar-refractivity contribution in [2.75, 3.05) is 33.4 Å². The molecule has 8 heteroatoms. The number of hydrogen-bond donors (Lipinski definition) is 1. The maximum Gasteiger partial charge on any atom is 0.393 e. The van der Waals surface area contributed by atoms with Crippen LogP contribution in [0.25, 0.3) is 0 Å². The minimum atomic E-state index is -4.16. The van der Waals surface area contributed by atoms with Gasteiger partial charge >= 0.3 is 12.1 Å². The van der Waals surface area contributed by atoms with Crippen molar-refractivity contribution in [1.82, 2.24) is 4.90 Å². The van der Waals surface area contributed by atoms with Gasteiger partial charge in [0.1, 0.15) is 6.61 Å². The maximum absolute atomic E-state index is 12.8. The van der Waals surface area contributed by atoms with Gasteiger partial charge in [0.2, 0.25) is 0 Å². The number of carboxylic acids is 1. The molecule has 134 valence electrons. The molecule has 1 aromatic carbocycles. The molecule has 1 fully saturated rings. The molecule has 0 aromatic heterocycles. The summed E-state index contributed by atoms with van der Waals surface area (Å²) >= 11 is 0. The predicted octanol–water partition coefficient (Wildman–Crippen LogP) is 3.05. The molecular formula is C16H20F3NO4. The fourth-order valence-corrected chi connectivity index (χ4v) is 2.73. The van der Waals surface area contributed by atoms with Gasteiger partial charge in [0.25, 0.3) is 0 Å². The Kier molecular flexibility index (Phi) is 5.93. The third-order valence-electron chi connectivity index (χ3n) is 4.04. The van der Waals surface area contributed by atoms with Gasteiger partial charge in [-0.1, -0.05) is 0 Å². The molecule has 0 spiro atoms. The fraction of sp³-hybridized carbons (Fsp3) is 0.562. The van der Waals surface area contributed by atoms with Crippen molar-refractivity contribution in [3.63, 3.8) is 0 Å². The molecule has 1 aliphatic heterocycles. The molecule has 1 aromatic rings. The summed E-state index contributed by atoms with van der Waals surface area (Å²) in [5.74, 6) is -1.71. The van der Waals surface area contributed by atoms with Crippen molar-refractivity contribution in [3.8, 4) is 11.5 Å². The van der Waals surface area contributed by atoms with Crippen LogP contribution in [0.4, 0.5) is 13.2 Å². The van der Waals surface area contributed by atoms with E-state index in [1.165, 1.54) is 25.3 Å². The van der Waals surface area contributed by atoms with E-state index in [0.717, 1.165) is 0 Å². The Balaban J connectivity index is 1.89. The standard InChI is InChI=1S/C16H20F3NO4/c1-23-14-9-11(15(21)22)4-5-13(14)24-8-7-20-6-2-3-12(10-20)16(17,18)19/h4-5,9,12H,2-3,6-8,10H2,1H3,(H,21,22). The van der Waals surface area contributed by atoms with E-state index in [4.69, 9.17) is 14.6 Å². The highest BCUT2D eigenvalue weighted by Crippen LogP contribution is 2.33. The number of benzene rings is 1. The molecule has 1 aliphatic rings. The van der Waals surface area contributed by atoms with Crippen LogP contribution in [0.3, 0.4) is 0 Å². The van der Waals surface area contributed by atoms with Gasteiger partial charge < -0.3 is 14.6 Å². The highest BCUT2D eigenvalue weighted by molar-refractivity contribution is 5.88. The Labute approximate surface area is 138 Å². The highest BCUT2D eigenvalue weighted by atomic mass is 19.4. The van der Waals surface area contributed by atoms with Crippen LogP contribution in [0.2, 0.25) is 0 Å². The molecule has 1 atom stereocenters. The molecule has 1 unspecified atom stereocenters. The Morgan fingerprint density at radius 2 is 2.12 bits per heavy atom. The van der Waals surface area contributed by atoms with Crippen LogP contribution >= 0.6 is 0 Å². The normalized spacial score (nSPS) is 19.1. The molecule has 0 saturated carbocycles. The summed E-state index contributed by atoms with van der Waals surface area (Å²) in [4.78, 5) is 12.7. The number of ether oxygens (including phenoxy) is 2. The second-order valence-corrected chi connectivity index (χ2v) is 5.70. The van der Waals surface area contributed by atoms with Crippen LogP contribution in [-0.2, 0) is 0 Å². The van der Waals surface area contributed by atoms with Crippen molar-refractivity contribution < 1.29 is 32.5 Å². The molecular weight excluding hydrogens is 327 g/mol. The van der Waals surface area contributed by atoms with Gasteiger partial charge in [0.15, 0.2) is 11.5 Å². The van der Waals surface area contributed by atoms with E-state index in [-0.39, 0.29) is 30.9 Å². The number of methoxy groups -OCH3 is 1. The first-order valence-corrected chi connectivity index (χ1v) is 7.64. The Hall–Kier alpha value is -1.96. The second kappa shape index (κ2) is 7.74. The summed E-state index contributed by atoms with van der Waals surface area (Å²) in [6.45, 7) is 1.18. The molecule has 0 aliphatic carbocycles. The lowest BCUT2D eigenvalue weighted by molar-refractivity contribution is -0.186. The minimum Gasteiger partial charge on any atom is -0.493 e. The zero-order chi connectivity index (χ0) is 17.7. The van der Waals surface area contributed by atoms with Crippen LogP contribution in [0, 0.1) is 5.92 Å². The van der Waals surface area contributed by atoms with Crippen LogP contribution in [0.5, 0.6) is 11.5 Å². The highest BCUT2D eigenvalue weighted by Gasteiger charge is 2.41. The van der Waals surface area contributed by atoms with Gasteiger partial charge in [-0.3, -0.25) is 4.90 Å². The first-order chi connectivity index (χ1) is 11.3. The number of rotatable bonds is 6. The largest absolute Gasteiger partial charge is 0.493 e. The first kappa shape index (κ1) is 18.4. The molecule has 0 radical (unpaired) electrons. The van der Waals surface area contributed by atoms with Gasteiger partial charge in [-0.2, -0.15) is 13.2 Å². The lowest BCUT2D eigenvalue weighted by Crippen LogP contribution is -2.43. The van der Waals surface area contributed by atoms with Crippen LogP contribution in [-0.4, -0.2) is 55.5 Å². The zero-order valence-electron chi connectivity index (χ0n) is 13.3. The van der Waals surface area contributed by atoms with Crippen LogP contribution in [0.15, 0.2) is 18.2 Å². The van der Waals surface area contributed by atoms with Crippen molar-refractivity contribution in [2.45, 2.75) is 19.0 Å². The average molecular weight is 347 g/mol. The monoisotopic (exact) mass is 347 g/mol. The van der Waals surface area contributed by atoms with Crippen LogP contribution in [0.1, 0.15) is 23.2 Å². The van der Waals surface area contributed by atoms with Gasteiger partial charge in [-0.15, -0.1) is 0 Å². The molecule has 2 rings (SSSR count). The number of halogens is 3. The lowest BCUT2D eigenvalue weighted by Gasteiger charge is -2.33. The third-order valence-corrected chi connectivity index (χ3v) is 4.04. The van der Waals surface area contributed by atoms with E-state index in [1.54, 1.807) is 4.90 Å². The Morgan fingerprint density at radius 3 is 2.75 bits per heavy atom. The summed E-state index contributed by atoms with van der Waals surface area (Å²) < 4.78 is 49.0. The van der Waals surface area contributed by atoms with Crippen LogP contribution < -0.4 is 9.47 Å². The first-order valence-electron chi connectivity index (χ1n) is 7.64. The lowest BCUT2D eigenvalue weighted by atomic mass is 9.98. The van der Waals surface area contributed by atoms with E-state index in [9.17, 15) is 18.0 Å². The molecule has 5 nitrogen and oxygen atoms in total. The van der Waals surface area contributed by atoms with Gasteiger partial charge in [-0.05, 0) is 37.6 Å². The summed E-state index contributed by atoms with van der Waals surface area (Å²) in [6.07, 6.45) is -3.47. The Bertz CT molecular complexity index is 577. The topological polar surface area (TPSA) is 59.0 Å². The molecule has 24 heavy (non-hydrogen) atoms. The van der Waals surface area contributed by atoms with E-state index in [1.807, 2.05) is 0 Å². The third kappa shape index (κ3) is 4.77. The van der Waals surface area contributed by atoms with Crippen molar-refractivity contribution in [3.05, 3.63) is 23.8 Å². The smallest absolute Gasteiger partial charge is 0.393 e. The molecule has 1 heterocycles. The number of nitrogens with zero attached hydrogens (tertiary/aromatic N) is 1. The quantitative estimate of drug-likeness (QED) is 0.857. The number of hydrogen-bond acceptors (Lipinski definition) is 4. The van der Waals surface area contributed by atoms with E-state index in [0.29, 0.717) is 25.3 Å². The predicted molar refractivity (Wildman–Crippen MR) is 80.7 cm³/mol. The minimum absolute atomic E-state index is 0.0120. The molecule has 0 amide bonds. The number of carboxylic acid groups (broad SMARTS) is 1. The number of likely N-dealkylation sites (tertiary alicyclic amines) is 1. The number of aromatic carboxylic acids is 1. The molecule has 0 bridgehead atoms. The van der Waals surface area contributed by atoms with Gasteiger partial charge in [0.05, 0.1) is 18.6 Å². The second-order valence-electron chi connectivity index (χ2n) is 5.70. The SMILES string of the molecule is COc1cc(C(=O)O)ccc1OCCN1CCCC(C(F)(F)F)C1. The van der Waals surface area contributed by atoms with Gasteiger partial charge in [-0.25, -0.2) is 4.79 Å².